The van der Waals surface area contributed by atoms with Crippen LogP contribution >= 0.6 is 0 Å². The number of ketones is 1. The summed E-state index contributed by atoms with van der Waals surface area (Å²) in [6, 6.07) is 23.2. The third-order valence-electron chi connectivity index (χ3n) is 6.64. The number of nitrogens with zero attached hydrogens (tertiary/aromatic N) is 2. The van der Waals surface area contributed by atoms with E-state index in [0.717, 1.165) is 39.7 Å². The highest BCUT2D eigenvalue weighted by Gasteiger charge is 2.24. The number of fused-ring (bicyclic) bond motifs is 1. The average molecular weight is 492 g/mol. The van der Waals surface area contributed by atoms with Gasteiger partial charge in [-0.1, -0.05) is 54.6 Å². The highest BCUT2D eigenvalue weighted by molar-refractivity contribution is 6.11. The van der Waals surface area contributed by atoms with E-state index in [2.05, 4.69) is 15.3 Å². The number of nitrogens with one attached hydrogen (secondary N) is 2. The molecule has 0 aliphatic heterocycles. The Morgan fingerprint density at radius 3 is 2.54 bits per heavy atom. The zero-order valence-electron chi connectivity index (χ0n) is 20.6. The summed E-state index contributed by atoms with van der Waals surface area (Å²) in [5.41, 5.74) is 11.4. The number of nitrogens with two attached hydrogens (primary N) is 1. The molecule has 0 spiro atoms. The Balaban J connectivity index is 1.32. The number of hydrogen-bond acceptors (Lipinski definition) is 4. The fourth-order valence-corrected chi connectivity index (χ4v) is 4.60. The fourth-order valence-electron chi connectivity index (χ4n) is 4.60. The topological polar surface area (TPSA) is 106 Å². The zero-order chi connectivity index (χ0) is 25.8. The van der Waals surface area contributed by atoms with Crippen LogP contribution in [-0.2, 0) is 13.5 Å². The average Bonchev–Trinajstić information content (AvgIpc) is 3.55. The molecule has 186 valence electrons. The number of carbonyl (C=O) groups excluding carboxylic acids is 2. The van der Waals surface area contributed by atoms with Gasteiger partial charge < -0.3 is 20.6 Å². The van der Waals surface area contributed by atoms with Crippen LogP contribution in [0.1, 0.15) is 37.8 Å². The molecule has 0 aliphatic rings. The standard InChI is InChI=1S/C30H29N5O2/c1-35-18-28(34-19-35)23-11-12-24-26(17-33-27(24)15-23)29(36)25(21-5-3-2-4-6-21)16-32-14-13-20-7-9-22(10-8-20)30(31)37/h2-12,15,17-19,25,32-33H,13-14,16H2,1H3,(H2,31,37). The quantitative estimate of drug-likeness (QED) is 0.198. The molecule has 7 nitrogen and oxygen atoms in total. The summed E-state index contributed by atoms with van der Waals surface area (Å²) in [5.74, 6) is -0.687. The van der Waals surface area contributed by atoms with E-state index in [0.29, 0.717) is 24.2 Å². The molecule has 1 amide bonds. The molecule has 7 heteroatoms. The maximum atomic E-state index is 13.8. The third-order valence-corrected chi connectivity index (χ3v) is 6.64. The summed E-state index contributed by atoms with van der Waals surface area (Å²) in [6.07, 6.45) is 6.33. The molecule has 0 saturated heterocycles. The number of imidazole rings is 1. The van der Waals surface area contributed by atoms with E-state index in [9.17, 15) is 9.59 Å². The van der Waals surface area contributed by atoms with Crippen molar-refractivity contribution in [2.75, 3.05) is 13.1 Å². The minimum atomic E-state index is -0.431. The van der Waals surface area contributed by atoms with E-state index in [1.807, 2.05) is 84.7 Å². The molecule has 0 bridgehead atoms. The van der Waals surface area contributed by atoms with Gasteiger partial charge in [-0.15, -0.1) is 0 Å². The van der Waals surface area contributed by atoms with Crippen LogP contribution in [0.15, 0.2) is 91.5 Å². The van der Waals surface area contributed by atoms with E-state index in [1.54, 1.807) is 18.5 Å². The first-order valence-corrected chi connectivity index (χ1v) is 12.3. The van der Waals surface area contributed by atoms with E-state index >= 15 is 0 Å². The molecule has 4 N–H and O–H groups in total. The van der Waals surface area contributed by atoms with Crippen molar-refractivity contribution in [1.29, 1.82) is 0 Å². The molecule has 1 atom stereocenters. The van der Waals surface area contributed by atoms with Crippen molar-refractivity contribution < 1.29 is 9.59 Å². The van der Waals surface area contributed by atoms with E-state index in [1.165, 1.54) is 0 Å². The smallest absolute Gasteiger partial charge is 0.248 e. The van der Waals surface area contributed by atoms with Crippen LogP contribution in [0.2, 0.25) is 0 Å². The van der Waals surface area contributed by atoms with Crippen molar-refractivity contribution in [3.05, 3.63) is 114 Å². The van der Waals surface area contributed by atoms with Crippen molar-refractivity contribution in [3.8, 4) is 11.3 Å². The Hall–Kier alpha value is -4.49. The first-order chi connectivity index (χ1) is 18.0. The summed E-state index contributed by atoms with van der Waals surface area (Å²) in [5, 5.41) is 4.36. The first kappa shape index (κ1) is 24.2. The summed E-state index contributed by atoms with van der Waals surface area (Å²) in [7, 11) is 1.94. The lowest BCUT2D eigenvalue weighted by Crippen LogP contribution is -2.28. The van der Waals surface area contributed by atoms with Gasteiger partial charge in [-0.25, -0.2) is 4.98 Å². The molecule has 37 heavy (non-hydrogen) atoms. The fraction of sp³-hybridized carbons (Fsp3) is 0.167. The summed E-state index contributed by atoms with van der Waals surface area (Å²) < 4.78 is 1.91. The SMILES string of the molecule is Cn1cnc(-c2ccc3c(C(=O)C(CNCCc4ccc(C(N)=O)cc4)c4ccccc4)c[nH]c3c2)c1. The number of carbonyl (C=O) groups is 2. The molecule has 0 fully saturated rings. The molecule has 2 aromatic heterocycles. The van der Waals surface area contributed by atoms with Gasteiger partial charge in [0.25, 0.3) is 0 Å². The van der Waals surface area contributed by atoms with E-state index in [4.69, 9.17) is 5.73 Å². The molecule has 0 radical (unpaired) electrons. The van der Waals surface area contributed by atoms with Crippen molar-refractivity contribution in [3.63, 3.8) is 0 Å². The Morgan fingerprint density at radius 2 is 1.84 bits per heavy atom. The van der Waals surface area contributed by atoms with Gasteiger partial charge in [-0.2, -0.15) is 0 Å². The van der Waals surface area contributed by atoms with Crippen LogP contribution in [0.3, 0.4) is 0 Å². The molecule has 5 rings (SSSR count). The lowest BCUT2D eigenvalue weighted by atomic mass is 9.90. The third kappa shape index (κ3) is 5.37. The number of rotatable bonds is 10. The van der Waals surface area contributed by atoms with Crippen LogP contribution < -0.4 is 11.1 Å². The van der Waals surface area contributed by atoms with Gasteiger partial charge in [0.05, 0.1) is 17.9 Å². The van der Waals surface area contributed by atoms with E-state index in [-0.39, 0.29) is 11.7 Å². The number of primary amides is 1. The Labute approximate surface area is 215 Å². The largest absolute Gasteiger partial charge is 0.366 e. The summed E-state index contributed by atoms with van der Waals surface area (Å²) in [4.78, 5) is 32.8. The number of Topliss-reactive ketones (excluding diaryl/α,β-unsaturated/α-hetero) is 1. The number of amides is 1. The number of aryl methyl sites for hydroxylation is 1. The monoisotopic (exact) mass is 491 g/mol. The molecule has 0 saturated carbocycles. The summed E-state index contributed by atoms with van der Waals surface area (Å²) in [6.45, 7) is 1.22. The molecule has 0 aliphatic carbocycles. The minimum absolute atomic E-state index is 0.0707. The second-order valence-electron chi connectivity index (χ2n) is 9.23. The molecule has 2 heterocycles. The van der Waals surface area contributed by atoms with Crippen molar-refractivity contribution in [2.24, 2.45) is 12.8 Å². The molecular weight excluding hydrogens is 462 g/mol. The number of aromatic nitrogens is 3. The van der Waals surface area contributed by atoms with Crippen LogP contribution in [-0.4, -0.2) is 39.3 Å². The number of aromatic amines is 1. The van der Waals surface area contributed by atoms with Gasteiger partial charge in [0.1, 0.15) is 0 Å². The predicted octanol–water partition coefficient (Wildman–Crippen LogP) is 4.47. The Morgan fingerprint density at radius 1 is 1.05 bits per heavy atom. The maximum Gasteiger partial charge on any atom is 0.248 e. The van der Waals surface area contributed by atoms with Gasteiger partial charge in [0.2, 0.25) is 5.91 Å². The van der Waals surface area contributed by atoms with Gasteiger partial charge >= 0.3 is 0 Å². The number of H-pyrrole nitrogens is 1. The maximum absolute atomic E-state index is 13.8. The van der Waals surface area contributed by atoms with Crippen molar-refractivity contribution >= 4 is 22.6 Å². The highest BCUT2D eigenvalue weighted by atomic mass is 16.1. The molecular formula is C30H29N5O2. The Bertz CT molecular complexity index is 1530. The van der Waals surface area contributed by atoms with Gasteiger partial charge in [0.15, 0.2) is 5.78 Å². The second-order valence-corrected chi connectivity index (χ2v) is 9.23. The lowest BCUT2D eigenvalue weighted by Gasteiger charge is -2.17. The van der Waals surface area contributed by atoms with Crippen LogP contribution in [0, 0.1) is 0 Å². The minimum Gasteiger partial charge on any atom is -0.366 e. The predicted molar refractivity (Wildman–Crippen MR) is 146 cm³/mol. The van der Waals surface area contributed by atoms with Crippen molar-refractivity contribution in [1.82, 2.24) is 19.9 Å². The van der Waals surface area contributed by atoms with Gasteiger partial charge in [-0.3, -0.25) is 9.59 Å². The van der Waals surface area contributed by atoms with Crippen molar-refractivity contribution in [2.45, 2.75) is 12.3 Å². The summed E-state index contributed by atoms with van der Waals surface area (Å²) >= 11 is 0. The number of hydrogen-bond donors (Lipinski definition) is 3. The molecule has 3 aromatic carbocycles. The second kappa shape index (κ2) is 10.6. The van der Waals surface area contributed by atoms with Crippen LogP contribution in [0.4, 0.5) is 0 Å². The Kier molecular flexibility index (Phi) is 6.96. The lowest BCUT2D eigenvalue weighted by molar-refractivity contribution is 0.0958. The highest BCUT2D eigenvalue weighted by Crippen LogP contribution is 2.29. The van der Waals surface area contributed by atoms with Crippen LogP contribution in [0.25, 0.3) is 22.2 Å². The first-order valence-electron chi connectivity index (χ1n) is 12.3. The zero-order valence-corrected chi connectivity index (χ0v) is 20.6. The van der Waals surface area contributed by atoms with Gasteiger partial charge in [-0.05, 0) is 42.3 Å². The molecule has 1 unspecified atom stereocenters. The van der Waals surface area contributed by atoms with E-state index < -0.39 is 5.91 Å². The van der Waals surface area contributed by atoms with Gasteiger partial charge in [0, 0.05) is 53.6 Å². The van der Waals surface area contributed by atoms with Crippen LogP contribution in [0.5, 0.6) is 0 Å². The number of benzene rings is 3. The molecule has 5 aromatic rings. The normalized spacial score (nSPS) is 12.0.